The van der Waals surface area contributed by atoms with E-state index in [1.807, 2.05) is 0 Å². The zero-order chi connectivity index (χ0) is 11.7. The number of halogens is 1. The van der Waals surface area contributed by atoms with Gasteiger partial charge in [-0.15, -0.1) is 0 Å². The second kappa shape index (κ2) is 4.25. The molecule has 0 saturated carbocycles. The van der Waals surface area contributed by atoms with Crippen LogP contribution in [0.4, 0.5) is 0 Å². The lowest BCUT2D eigenvalue weighted by Gasteiger charge is -2.07. The van der Waals surface area contributed by atoms with E-state index in [0.29, 0.717) is 27.8 Å². The van der Waals surface area contributed by atoms with E-state index >= 15 is 0 Å². The van der Waals surface area contributed by atoms with Crippen LogP contribution in [0.25, 0.3) is 0 Å². The number of ether oxygens (including phenoxy) is 2. The number of carbonyl (C=O) groups is 2. The van der Waals surface area contributed by atoms with E-state index in [4.69, 9.17) is 9.47 Å². The molecule has 1 aromatic carbocycles. The van der Waals surface area contributed by atoms with Crippen molar-refractivity contribution in [2.75, 3.05) is 6.79 Å². The van der Waals surface area contributed by atoms with Gasteiger partial charge in [0.1, 0.15) is 5.78 Å². The summed E-state index contributed by atoms with van der Waals surface area (Å²) in [6, 6.07) is 1.72. The monoisotopic (exact) mass is 284 g/mol. The summed E-state index contributed by atoms with van der Waals surface area (Å²) in [6.07, 6.45) is 0.971. The van der Waals surface area contributed by atoms with E-state index in [-0.39, 0.29) is 19.0 Å². The van der Waals surface area contributed by atoms with Crippen molar-refractivity contribution in [3.05, 3.63) is 21.7 Å². The van der Waals surface area contributed by atoms with Gasteiger partial charge in [-0.1, -0.05) is 0 Å². The highest BCUT2D eigenvalue weighted by atomic mass is 79.9. The smallest absolute Gasteiger partial charge is 0.231 e. The largest absolute Gasteiger partial charge is 0.453 e. The van der Waals surface area contributed by atoms with Crippen molar-refractivity contribution in [3.63, 3.8) is 0 Å². The van der Waals surface area contributed by atoms with Gasteiger partial charge in [0.25, 0.3) is 0 Å². The fourth-order valence-corrected chi connectivity index (χ4v) is 2.18. The summed E-state index contributed by atoms with van der Waals surface area (Å²) in [7, 11) is 0. The number of benzene rings is 1. The third-order valence-electron chi connectivity index (χ3n) is 2.26. The van der Waals surface area contributed by atoms with Gasteiger partial charge in [0.15, 0.2) is 17.8 Å². The van der Waals surface area contributed by atoms with Crippen LogP contribution in [0.3, 0.4) is 0 Å². The second-order valence-electron chi connectivity index (χ2n) is 3.49. The number of fused-ring (bicyclic) bond motifs is 1. The van der Waals surface area contributed by atoms with E-state index < -0.39 is 0 Å². The summed E-state index contributed by atoms with van der Waals surface area (Å²) in [5, 5.41) is 0. The normalized spacial score (nSPS) is 12.6. The maximum Gasteiger partial charge on any atom is 0.231 e. The first-order valence-corrected chi connectivity index (χ1v) is 5.48. The maximum atomic E-state index is 11.1. The lowest BCUT2D eigenvalue weighted by atomic mass is 10.0. The van der Waals surface area contributed by atoms with Gasteiger partial charge in [-0.2, -0.15) is 0 Å². The minimum Gasteiger partial charge on any atom is -0.453 e. The molecule has 5 heteroatoms. The van der Waals surface area contributed by atoms with E-state index in [0.717, 1.165) is 5.56 Å². The molecule has 1 aromatic rings. The number of rotatable bonds is 3. The van der Waals surface area contributed by atoms with Crippen LogP contribution < -0.4 is 9.47 Å². The van der Waals surface area contributed by atoms with Gasteiger partial charge in [-0.25, -0.2) is 0 Å². The molecule has 4 nitrogen and oxygen atoms in total. The van der Waals surface area contributed by atoms with Crippen molar-refractivity contribution >= 4 is 28.0 Å². The van der Waals surface area contributed by atoms with Crippen LogP contribution in [0, 0.1) is 0 Å². The Morgan fingerprint density at radius 1 is 1.50 bits per heavy atom. The van der Waals surface area contributed by atoms with Crippen LogP contribution in [-0.4, -0.2) is 18.9 Å². The van der Waals surface area contributed by atoms with Gasteiger partial charge >= 0.3 is 0 Å². The lowest BCUT2D eigenvalue weighted by Crippen LogP contribution is -1.99. The van der Waals surface area contributed by atoms with Gasteiger partial charge < -0.3 is 9.47 Å². The summed E-state index contributed by atoms with van der Waals surface area (Å²) in [5.74, 6) is 0.949. The standard InChI is InChI=1S/C11H9BrO4/c1-6(14)2-7-3-9(12)8(4-13)11-10(7)15-5-16-11/h3-4H,2,5H2,1H3. The molecular formula is C11H9BrO4. The Morgan fingerprint density at radius 2 is 2.19 bits per heavy atom. The minimum absolute atomic E-state index is 0.0310. The molecule has 2 rings (SSSR count). The van der Waals surface area contributed by atoms with Crippen LogP contribution in [0.5, 0.6) is 11.5 Å². The molecule has 0 fully saturated rings. The van der Waals surface area contributed by atoms with Gasteiger partial charge in [0.2, 0.25) is 6.79 Å². The van der Waals surface area contributed by atoms with Crippen molar-refractivity contribution in [1.29, 1.82) is 0 Å². The quantitative estimate of drug-likeness (QED) is 0.798. The first-order valence-electron chi connectivity index (χ1n) is 4.69. The van der Waals surface area contributed by atoms with Crippen molar-refractivity contribution in [2.24, 2.45) is 0 Å². The highest BCUT2D eigenvalue weighted by Gasteiger charge is 2.24. The summed E-state index contributed by atoms with van der Waals surface area (Å²) in [4.78, 5) is 22.0. The highest BCUT2D eigenvalue weighted by molar-refractivity contribution is 9.10. The SMILES string of the molecule is CC(=O)Cc1cc(Br)c(C=O)c2c1OCO2. The van der Waals surface area contributed by atoms with Crippen LogP contribution in [0.15, 0.2) is 10.5 Å². The van der Waals surface area contributed by atoms with Crippen molar-refractivity contribution in [2.45, 2.75) is 13.3 Å². The third kappa shape index (κ3) is 1.82. The molecular weight excluding hydrogens is 276 g/mol. The minimum atomic E-state index is 0.0310. The maximum absolute atomic E-state index is 11.1. The molecule has 0 spiro atoms. The first kappa shape index (κ1) is 11.1. The summed E-state index contributed by atoms with van der Waals surface area (Å²) >= 11 is 3.27. The predicted octanol–water partition coefficient (Wildman–Crippen LogP) is 2.12. The Hall–Kier alpha value is -1.36. The van der Waals surface area contributed by atoms with Crippen molar-refractivity contribution in [3.8, 4) is 11.5 Å². The molecule has 0 unspecified atom stereocenters. The molecule has 0 radical (unpaired) electrons. The second-order valence-corrected chi connectivity index (χ2v) is 4.35. The predicted molar refractivity (Wildman–Crippen MR) is 60.0 cm³/mol. The average molecular weight is 285 g/mol. The van der Waals surface area contributed by atoms with Crippen LogP contribution >= 0.6 is 15.9 Å². The molecule has 0 saturated heterocycles. The molecule has 0 aliphatic carbocycles. The number of hydrogen-bond donors (Lipinski definition) is 0. The van der Waals surface area contributed by atoms with Crippen LogP contribution in [-0.2, 0) is 11.2 Å². The molecule has 0 N–H and O–H groups in total. The highest BCUT2D eigenvalue weighted by Crippen LogP contribution is 2.42. The van der Waals surface area contributed by atoms with Crippen molar-refractivity contribution < 1.29 is 19.1 Å². The Bertz CT molecular complexity index is 468. The molecule has 84 valence electrons. The number of aldehydes is 1. The van der Waals surface area contributed by atoms with Gasteiger partial charge in [-0.3, -0.25) is 9.59 Å². The number of hydrogen-bond acceptors (Lipinski definition) is 4. The average Bonchev–Trinajstić information content (AvgIpc) is 2.66. The topological polar surface area (TPSA) is 52.6 Å². The Balaban J connectivity index is 2.56. The Kier molecular flexibility index (Phi) is 2.96. The van der Waals surface area contributed by atoms with E-state index in [9.17, 15) is 9.59 Å². The molecule has 0 amide bonds. The van der Waals surface area contributed by atoms with Crippen molar-refractivity contribution in [1.82, 2.24) is 0 Å². The molecule has 1 aliphatic heterocycles. The zero-order valence-corrected chi connectivity index (χ0v) is 10.2. The zero-order valence-electron chi connectivity index (χ0n) is 8.58. The summed E-state index contributed by atoms with van der Waals surface area (Å²) in [5.41, 5.74) is 1.15. The fourth-order valence-electron chi connectivity index (χ4n) is 1.63. The molecule has 0 atom stereocenters. The Labute approximate surface area is 101 Å². The van der Waals surface area contributed by atoms with Gasteiger partial charge in [-0.05, 0) is 28.9 Å². The molecule has 1 aliphatic rings. The molecule has 1 heterocycles. The van der Waals surface area contributed by atoms with E-state index in [2.05, 4.69) is 15.9 Å². The van der Waals surface area contributed by atoms with Crippen LogP contribution in [0.1, 0.15) is 22.8 Å². The third-order valence-corrected chi connectivity index (χ3v) is 2.92. The molecule has 16 heavy (non-hydrogen) atoms. The summed E-state index contributed by atoms with van der Waals surface area (Å²) < 4.78 is 11.1. The lowest BCUT2D eigenvalue weighted by molar-refractivity contribution is -0.116. The number of ketones is 1. The van der Waals surface area contributed by atoms with E-state index in [1.54, 1.807) is 6.07 Å². The van der Waals surface area contributed by atoms with Crippen LogP contribution in [0.2, 0.25) is 0 Å². The fraction of sp³-hybridized carbons (Fsp3) is 0.273. The molecule has 0 aromatic heterocycles. The number of carbonyl (C=O) groups excluding carboxylic acids is 2. The first-order chi connectivity index (χ1) is 7.63. The summed E-state index contributed by atoms with van der Waals surface area (Å²) in [6.45, 7) is 1.58. The van der Waals surface area contributed by atoms with Gasteiger partial charge in [0.05, 0.1) is 5.56 Å². The Morgan fingerprint density at radius 3 is 2.81 bits per heavy atom. The number of Topliss-reactive ketones (excluding diaryl/α,β-unsaturated/α-hetero) is 1. The molecule has 0 bridgehead atoms. The van der Waals surface area contributed by atoms with Gasteiger partial charge in [0, 0.05) is 16.5 Å². The van der Waals surface area contributed by atoms with E-state index in [1.165, 1.54) is 6.92 Å².